The summed E-state index contributed by atoms with van der Waals surface area (Å²) >= 11 is 0. The van der Waals surface area contributed by atoms with Crippen LogP contribution in [0.1, 0.15) is 13.3 Å². The molecule has 0 spiro atoms. The maximum Gasteiger partial charge on any atom is 0.230 e. The van der Waals surface area contributed by atoms with Gasteiger partial charge in [-0.2, -0.15) is 15.0 Å². The van der Waals surface area contributed by atoms with Crippen molar-refractivity contribution in [3.05, 3.63) is 29.8 Å². The van der Waals surface area contributed by atoms with Crippen LogP contribution in [0.15, 0.2) is 18.2 Å². The molecule has 0 amide bonds. The average molecular weight is 293 g/mol. The zero-order valence-electron chi connectivity index (χ0n) is 12.2. The molecule has 1 aromatic heterocycles. The van der Waals surface area contributed by atoms with E-state index in [9.17, 15) is 8.78 Å². The van der Waals surface area contributed by atoms with Crippen LogP contribution in [0.25, 0.3) is 11.4 Å². The molecule has 0 aliphatic heterocycles. The first kappa shape index (κ1) is 15.1. The van der Waals surface area contributed by atoms with Gasteiger partial charge < -0.3 is 10.2 Å². The van der Waals surface area contributed by atoms with Gasteiger partial charge in [-0.15, -0.1) is 0 Å². The molecule has 0 aliphatic carbocycles. The average Bonchev–Trinajstić information content (AvgIpc) is 2.47. The molecule has 0 saturated carbocycles. The number of hydrogen-bond donors (Lipinski definition) is 1. The van der Waals surface area contributed by atoms with Gasteiger partial charge in [0.15, 0.2) is 17.5 Å². The number of nitrogens with one attached hydrogen (secondary N) is 1. The molecule has 0 unspecified atom stereocenters. The van der Waals surface area contributed by atoms with Crippen LogP contribution in [0.5, 0.6) is 0 Å². The maximum atomic E-state index is 13.9. The lowest BCUT2D eigenvalue weighted by Gasteiger charge is -2.13. The van der Waals surface area contributed by atoms with Crippen LogP contribution in [-0.2, 0) is 0 Å². The number of rotatable bonds is 5. The molecular weight excluding hydrogens is 276 g/mol. The van der Waals surface area contributed by atoms with Gasteiger partial charge in [0.1, 0.15) is 0 Å². The van der Waals surface area contributed by atoms with E-state index in [0.717, 1.165) is 12.5 Å². The van der Waals surface area contributed by atoms with Crippen LogP contribution >= 0.6 is 0 Å². The summed E-state index contributed by atoms with van der Waals surface area (Å²) in [5.74, 6) is -1.07. The monoisotopic (exact) mass is 293 g/mol. The summed E-state index contributed by atoms with van der Waals surface area (Å²) in [6.07, 6.45) is 0.895. The van der Waals surface area contributed by atoms with Gasteiger partial charge in [-0.05, 0) is 18.6 Å². The third-order valence-corrected chi connectivity index (χ3v) is 2.75. The van der Waals surface area contributed by atoms with Gasteiger partial charge in [-0.1, -0.05) is 13.0 Å². The molecule has 0 bridgehead atoms. The second-order valence-corrected chi connectivity index (χ2v) is 4.71. The van der Waals surface area contributed by atoms with Gasteiger partial charge in [0.2, 0.25) is 11.9 Å². The lowest BCUT2D eigenvalue weighted by Crippen LogP contribution is -2.16. The molecule has 5 nitrogen and oxygen atoms in total. The minimum Gasteiger partial charge on any atom is -0.354 e. The molecule has 0 fully saturated rings. The Morgan fingerprint density at radius 1 is 1.14 bits per heavy atom. The van der Waals surface area contributed by atoms with Crippen molar-refractivity contribution in [2.45, 2.75) is 13.3 Å². The number of nitrogens with zero attached hydrogens (tertiary/aromatic N) is 4. The first-order valence-corrected chi connectivity index (χ1v) is 6.64. The van der Waals surface area contributed by atoms with E-state index in [2.05, 4.69) is 20.3 Å². The fourth-order valence-electron chi connectivity index (χ4n) is 1.68. The Morgan fingerprint density at radius 3 is 2.57 bits per heavy atom. The molecule has 2 aromatic rings. The van der Waals surface area contributed by atoms with E-state index in [1.54, 1.807) is 19.0 Å². The smallest absolute Gasteiger partial charge is 0.230 e. The van der Waals surface area contributed by atoms with Crippen LogP contribution in [-0.4, -0.2) is 35.6 Å². The highest BCUT2D eigenvalue weighted by Gasteiger charge is 2.15. The largest absolute Gasteiger partial charge is 0.354 e. The van der Waals surface area contributed by atoms with Gasteiger partial charge in [0.05, 0.1) is 5.56 Å². The first-order chi connectivity index (χ1) is 10.0. The highest BCUT2D eigenvalue weighted by atomic mass is 19.2. The summed E-state index contributed by atoms with van der Waals surface area (Å²) in [4.78, 5) is 14.2. The zero-order valence-corrected chi connectivity index (χ0v) is 12.2. The van der Waals surface area contributed by atoms with E-state index < -0.39 is 11.6 Å². The van der Waals surface area contributed by atoms with E-state index in [1.807, 2.05) is 6.92 Å². The quantitative estimate of drug-likeness (QED) is 0.918. The van der Waals surface area contributed by atoms with Gasteiger partial charge in [-0.25, -0.2) is 8.78 Å². The summed E-state index contributed by atoms with van der Waals surface area (Å²) < 4.78 is 27.2. The second kappa shape index (κ2) is 6.43. The summed E-state index contributed by atoms with van der Waals surface area (Å²) in [6.45, 7) is 2.69. The molecule has 1 N–H and O–H groups in total. The van der Waals surface area contributed by atoms with Crippen molar-refractivity contribution in [1.82, 2.24) is 15.0 Å². The van der Waals surface area contributed by atoms with Crippen molar-refractivity contribution in [2.75, 3.05) is 30.9 Å². The van der Waals surface area contributed by atoms with Crippen molar-refractivity contribution in [2.24, 2.45) is 0 Å². The van der Waals surface area contributed by atoms with E-state index in [-0.39, 0.29) is 11.4 Å². The number of anilines is 2. The van der Waals surface area contributed by atoms with E-state index >= 15 is 0 Å². The number of halogens is 2. The third kappa shape index (κ3) is 3.42. The summed E-state index contributed by atoms with van der Waals surface area (Å²) in [6, 6.07) is 3.92. The Morgan fingerprint density at radius 2 is 1.90 bits per heavy atom. The Labute approximate surface area is 122 Å². The van der Waals surface area contributed by atoms with E-state index in [4.69, 9.17) is 0 Å². The van der Waals surface area contributed by atoms with Crippen molar-refractivity contribution >= 4 is 11.9 Å². The lowest BCUT2D eigenvalue weighted by molar-refractivity contribution is 0.510. The fraction of sp³-hybridized carbons (Fsp3) is 0.357. The van der Waals surface area contributed by atoms with Gasteiger partial charge in [-0.3, -0.25) is 0 Å². The molecule has 2 rings (SSSR count). The molecule has 0 saturated heterocycles. The molecular formula is C14H17F2N5. The number of aromatic nitrogens is 3. The lowest BCUT2D eigenvalue weighted by atomic mass is 10.2. The van der Waals surface area contributed by atoms with Crippen LogP contribution in [0.4, 0.5) is 20.7 Å². The Bertz CT molecular complexity index is 631. The van der Waals surface area contributed by atoms with Gasteiger partial charge >= 0.3 is 0 Å². The van der Waals surface area contributed by atoms with Crippen LogP contribution in [0.3, 0.4) is 0 Å². The molecule has 112 valence electrons. The maximum absolute atomic E-state index is 13.9. The molecule has 1 aromatic carbocycles. The fourth-order valence-corrected chi connectivity index (χ4v) is 1.68. The SMILES string of the molecule is CCCNc1nc(-c2cccc(F)c2F)nc(N(C)C)n1. The third-order valence-electron chi connectivity index (χ3n) is 2.75. The van der Waals surface area contributed by atoms with E-state index in [1.165, 1.54) is 12.1 Å². The van der Waals surface area contributed by atoms with Crippen LogP contribution in [0.2, 0.25) is 0 Å². The standard InChI is InChI=1S/C14H17F2N5/c1-4-8-17-13-18-12(19-14(20-13)21(2)3)9-6-5-7-10(15)11(9)16/h5-7H,4,8H2,1-3H3,(H,17,18,19,20). The minimum absolute atomic E-state index is 0.0139. The van der Waals surface area contributed by atoms with Crippen LogP contribution < -0.4 is 10.2 Å². The second-order valence-electron chi connectivity index (χ2n) is 4.71. The molecule has 0 aliphatic rings. The highest BCUT2D eigenvalue weighted by molar-refractivity contribution is 5.59. The molecule has 21 heavy (non-hydrogen) atoms. The zero-order chi connectivity index (χ0) is 15.4. The predicted octanol–water partition coefficient (Wildman–Crippen LogP) is 2.70. The summed E-state index contributed by atoms with van der Waals surface area (Å²) in [5, 5.41) is 3.03. The van der Waals surface area contributed by atoms with Gasteiger partial charge in [0, 0.05) is 20.6 Å². The Hall–Kier alpha value is -2.31. The number of hydrogen-bond acceptors (Lipinski definition) is 5. The normalized spacial score (nSPS) is 10.5. The predicted molar refractivity (Wildman–Crippen MR) is 78.3 cm³/mol. The van der Waals surface area contributed by atoms with Crippen molar-refractivity contribution in [1.29, 1.82) is 0 Å². The topological polar surface area (TPSA) is 53.9 Å². The van der Waals surface area contributed by atoms with E-state index in [0.29, 0.717) is 18.4 Å². The summed E-state index contributed by atoms with van der Waals surface area (Å²) in [5.41, 5.74) is 0.0139. The Balaban J connectivity index is 2.51. The first-order valence-electron chi connectivity index (χ1n) is 6.64. The molecule has 0 radical (unpaired) electrons. The molecule has 1 heterocycles. The van der Waals surface area contributed by atoms with Gasteiger partial charge in [0.25, 0.3) is 0 Å². The van der Waals surface area contributed by atoms with Crippen LogP contribution in [0, 0.1) is 11.6 Å². The summed E-state index contributed by atoms with van der Waals surface area (Å²) in [7, 11) is 3.54. The number of benzene rings is 1. The molecule has 0 atom stereocenters. The van der Waals surface area contributed by atoms with Crippen molar-refractivity contribution < 1.29 is 8.78 Å². The Kier molecular flexibility index (Phi) is 4.62. The van der Waals surface area contributed by atoms with Crippen molar-refractivity contribution in [3.63, 3.8) is 0 Å². The minimum atomic E-state index is -0.963. The molecule has 7 heteroatoms. The highest BCUT2D eigenvalue weighted by Crippen LogP contribution is 2.23. The van der Waals surface area contributed by atoms with Crippen molar-refractivity contribution in [3.8, 4) is 11.4 Å².